The molecule has 0 aliphatic heterocycles. The zero-order valence-corrected chi connectivity index (χ0v) is 43.2. The average molecular weight is 1040 g/mol. The smallest absolute Gasteiger partial charge is 0.166 e. The number of hydrogen-bond donors (Lipinski definition) is 0. The molecular weight excluding hydrogens is 995 g/mol. The van der Waals surface area contributed by atoms with Gasteiger partial charge in [-0.3, -0.25) is 0 Å². The highest BCUT2D eigenvalue weighted by Gasteiger charge is 2.24. The Bertz CT molecular complexity index is 4330. The molecule has 14 rings (SSSR count). The van der Waals surface area contributed by atoms with Crippen LogP contribution >= 0.6 is 0 Å². The maximum absolute atomic E-state index is 10.4. The van der Waals surface area contributed by atoms with Gasteiger partial charge in [-0.2, -0.15) is 5.26 Å². The molecule has 4 aromatic heterocycles. The molecule has 4 heterocycles. The molecule has 14 aromatic rings. The Balaban J connectivity index is 1.05. The number of benzene rings is 10. The van der Waals surface area contributed by atoms with Crippen molar-refractivity contribution in [3.8, 4) is 125 Å². The lowest BCUT2D eigenvalue weighted by Crippen LogP contribution is -2.04. The van der Waals surface area contributed by atoms with Crippen LogP contribution in [0.15, 0.2) is 261 Å². The number of fused-ring (bicyclic) bond motifs is 3. The van der Waals surface area contributed by atoms with Gasteiger partial charge in [0.25, 0.3) is 0 Å². The first-order valence-electron chi connectivity index (χ1n) is 26.4. The van der Waals surface area contributed by atoms with Crippen LogP contribution in [-0.4, -0.2) is 49.4 Å². The Kier molecular flexibility index (Phi) is 12.3. The van der Waals surface area contributed by atoms with Crippen LogP contribution in [0.25, 0.3) is 141 Å². The summed E-state index contributed by atoms with van der Waals surface area (Å²) in [5.74, 6) is 4.79. The lowest BCUT2D eigenvalue weighted by molar-refractivity contribution is 1.06. The lowest BCUT2D eigenvalue weighted by atomic mass is 9.97. The molecule has 0 spiro atoms. The van der Waals surface area contributed by atoms with Crippen molar-refractivity contribution in [2.24, 2.45) is 0 Å². The highest BCUT2D eigenvalue weighted by atomic mass is 15.1. The van der Waals surface area contributed by atoms with Crippen LogP contribution in [-0.2, 0) is 0 Å². The van der Waals surface area contributed by atoms with Gasteiger partial charge >= 0.3 is 0 Å². The van der Waals surface area contributed by atoms with Crippen molar-refractivity contribution in [2.75, 3.05) is 0 Å². The van der Waals surface area contributed by atoms with E-state index in [0.717, 1.165) is 88.7 Å². The Morgan fingerprint density at radius 2 is 0.543 bits per heavy atom. The molecule has 0 N–H and O–H groups in total. The third-order valence-corrected chi connectivity index (χ3v) is 14.2. The maximum Gasteiger partial charge on any atom is 0.166 e. The summed E-state index contributed by atoms with van der Waals surface area (Å²) in [5.41, 5.74) is 12.2. The zero-order valence-electron chi connectivity index (χ0n) is 43.2. The Morgan fingerprint density at radius 3 is 0.889 bits per heavy atom. The zero-order chi connectivity index (χ0) is 54.1. The second kappa shape index (κ2) is 20.8. The number of rotatable bonds is 11. The number of nitrogens with zero attached hydrogens (tertiary/aromatic N) is 11. The molecule has 0 amide bonds. The van der Waals surface area contributed by atoms with Gasteiger partial charge in [0.1, 0.15) is 0 Å². The van der Waals surface area contributed by atoms with Gasteiger partial charge in [0.05, 0.1) is 28.4 Å². The molecule has 11 heteroatoms. The first kappa shape index (κ1) is 47.9. The molecule has 11 nitrogen and oxygen atoms in total. The standard InChI is InChI=1S/C70H43N11/c71-44-54-33-19-20-34-55(54)51-35-38-61(58(41-51)70-79-66(49-29-15-5-16-30-49)74-67(80-70)50-31-17-6-18-32-50)81-59-39-36-52(68-75-62(45-21-7-1-8-22-45)72-63(76-68)46-23-9-2-10-24-46)42-56(59)57-43-53(37-40-60(57)81)69-77-64(47-25-11-3-12-26-47)73-65(78-69)48-27-13-4-14-28-48/h1-43H. The molecule has 0 radical (unpaired) electrons. The van der Waals surface area contributed by atoms with Gasteiger partial charge in [0.15, 0.2) is 52.4 Å². The predicted octanol–water partition coefficient (Wildman–Crippen LogP) is 15.9. The minimum atomic E-state index is 0.455. The van der Waals surface area contributed by atoms with E-state index in [1.807, 2.05) is 206 Å². The van der Waals surface area contributed by atoms with Gasteiger partial charge in [0.2, 0.25) is 0 Å². The van der Waals surface area contributed by atoms with Crippen molar-refractivity contribution in [3.05, 3.63) is 266 Å². The average Bonchev–Trinajstić information content (AvgIpc) is 3.69. The molecule has 10 aromatic carbocycles. The quantitative estimate of drug-likeness (QED) is 0.123. The molecule has 0 fully saturated rings. The van der Waals surface area contributed by atoms with E-state index in [1.54, 1.807) is 0 Å². The summed E-state index contributed by atoms with van der Waals surface area (Å²) in [4.78, 5) is 46.4. The van der Waals surface area contributed by atoms with Crippen molar-refractivity contribution in [3.63, 3.8) is 0 Å². The summed E-state index contributed by atoms with van der Waals surface area (Å²) < 4.78 is 2.26. The van der Waals surface area contributed by atoms with Crippen LogP contribution in [0.2, 0.25) is 0 Å². The molecule has 0 unspecified atom stereocenters. The van der Waals surface area contributed by atoms with Crippen molar-refractivity contribution >= 4 is 21.8 Å². The number of nitriles is 1. The van der Waals surface area contributed by atoms with Gasteiger partial charge in [-0.25, -0.2) is 44.9 Å². The van der Waals surface area contributed by atoms with Crippen LogP contribution < -0.4 is 0 Å². The third kappa shape index (κ3) is 9.30. The second-order valence-electron chi connectivity index (χ2n) is 19.3. The number of hydrogen-bond acceptors (Lipinski definition) is 10. The molecule has 0 saturated heterocycles. The molecule has 81 heavy (non-hydrogen) atoms. The van der Waals surface area contributed by atoms with E-state index in [-0.39, 0.29) is 0 Å². The first-order chi connectivity index (χ1) is 40.1. The monoisotopic (exact) mass is 1040 g/mol. The van der Waals surface area contributed by atoms with Crippen LogP contribution in [0, 0.1) is 11.3 Å². The highest BCUT2D eigenvalue weighted by Crippen LogP contribution is 2.41. The Labute approximate surface area is 466 Å². The van der Waals surface area contributed by atoms with Crippen LogP contribution in [0.1, 0.15) is 5.56 Å². The van der Waals surface area contributed by atoms with E-state index >= 15 is 0 Å². The number of aromatic nitrogens is 10. The highest BCUT2D eigenvalue weighted by molar-refractivity contribution is 6.12. The summed E-state index contributed by atoms with van der Waals surface area (Å²) in [6, 6.07) is 88.9. The second-order valence-corrected chi connectivity index (χ2v) is 19.3. The van der Waals surface area contributed by atoms with Crippen molar-refractivity contribution in [1.29, 1.82) is 5.26 Å². The molecule has 378 valence electrons. The van der Waals surface area contributed by atoms with E-state index in [9.17, 15) is 5.26 Å². The largest absolute Gasteiger partial charge is 0.308 e. The van der Waals surface area contributed by atoms with Gasteiger partial charge in [-0.05, 0) is 65.7 Å². The van der Waals surface area contributed by atoms with Gasteiger partial charge < -0.3 is 4.57 Å². The molecule has 0 atom stereocenters. The van der Waals surface area contributed by atoms with Crippen LogP contribution in [0.4, 0.5) is 0 Å². The molecule has 0 aliphatic carbocycles. The summed E-state index contributed by atoms with van der Waals surface area (Å²) in [7, 11) is 0. The molecular formula is C70H43N11. The first-order valence-corrected chi connectivity index (χ1v) is 26.4. The SMILES string of the molecule is N#Cc1ccccc1-c1ccc(-n2c3ccc(-c4nc(-c5ccccc5)nc(-c5ccccc5)n4)cc3c3cc(-c4nc(-c5ccccc5)nc(-c5ccccc5)n4)ccc32)c(-c2nc(-c3ccccc3)nc(-c3ccccc3)n2)c1. The van der Waals surface area contributed by atoms with E-state index in [2.05, 4.69) is 65.2 Å². The Morgan fingerprint density at radius 1 is 0.247 bits per heavy atom. The minimum absolute atomic E-state index is 0.455. The maximum atomic E-state index is 10.4. The van der Waals surface area contributed by atoms with Crippen LogP contribution in [0.5, 0.6) is 0 Å². The van der Waals surface area contributed by atoms with E-state index in [4.69, 9.17) is 44.9 Å². The van der Waals surface area contributed by atoms with Crippen molar-refractivity contribution in [2.45, 2.75) is 0 Å². The fourth-order valence-corrected chi connectivity index (χ4v) is 10.3. The molecule has 0 saturated carbocycles. The molecule has 0 bridgehead atoms. The van der Waals surface area contributed by atoms with Gasteiger partial charge in [-0.1, -0.05) is 206 Å². The van der Waals surface area contributed by atoms with E-state index in [0.29, 0.717) is 58.0 Å². The van der Waals surface area contributed by atoms with Gasteiger partial charge in [-0.15, -0.1) is 0 Å². The predicted molar refractivity (Wildman–Crippen MR) is 320 cm³/mol. The van der Waals surface area contributed by atoms with E-state index < -0.39 is 0 Å². The fraction of sp³-hybridized carbons (Fsp3) is 0. The van der Waals surface area contributed by atoms with Crippen molar-refractivity contribution in [1.82, 2.24) is 49.4 Å². The molecule has 0 aliphatic rings. The lowest BCUT2D eigenvalue weighted by Gasteiger charge is -2.17. The van der Waals surface area contributed by atoms with Gasteiger partial charge in [0, 0.05) is 60.8 Å². The topological polar surface area (TPSA) is 145 Å². The van der Waals surface area contributed by atoms with E-state index in [1.165, 1.54) is 0 Å². The summed E-state index contributed by atoms with van der Waals surface area (Å²) in [6.07, 6.45) is 0. The normalized spacial score (nSPS) is 11.2. The van der Waals surface area contributed by atoms with Crippen LogP contribution in [0.3, 0.4) is 0 Å². The fourth-order valence-electron chi connectivity index (χ4n) is 10.3. The Hall–Kier alpha value is -11.5. The third-order valence-electron chi connectivity index (χ3n) is 14.2. The van der Waals surface area contributed by atoms with Crippen molar-refractivity contribution < 1.29 is 0 Å². The summed E-state index contributed by atoms with van der Waals surface area (Å²) in [6.45, 7) is 0. The minimum Gasteiger partial charge on any atom is -0.308 e. The summed E-state index contributed by atoms with van der Waals surface area (Å²) in [5, 5.41) is 12.3. The summed E-state index contributed by atoms with van der Waals surface area (Å²) >= 11 is 0.